The van der Waals surface area contributed by atoms with Gasteiger partial charge in [-0.3, -0.25) is 64.5 Å². The summed E-state index contributed by atoms with van der Waals surface area (Å²) in [6.07, 6.45) is 3.01. The van der Waals surface area contributed by atoms with Gasteiger partial charge in [0.1, 0.15) is 28.3 Å². The molecule has 107 heavy (non-hydrogen) atoms. The number of fused-ring (bicyclic) bond motifs is 4. The average molecular weight is 1450 g/mol. The van der Waals surface area contributed by atoms with Crippen LogP contribution in [0.5, 0.6) is 17.2 Å². The lowest BCUT2D eigenvalue weighted by molar-refractivity contribution is -0.130. The topological polar surface area (TPSA) is 419 Å². The maximum atomic E-state index is 13.0. The van der Waals surface area contributed by atoms with E-state index in [1.54, 1.807) is 141 Å². The van der Waals surface area contributed by atoms with Crippen LogP contribution in [0.4, 0.5) is 24.0 Å². The number of imide groups is 5. The number of nitrogens with one attached hydrogen (secondary N) is 10. The van der Waals surface area contributed by atoms with Gasteiger partial charge >= 0.3 is 30.2 Å². The van der Waals surface area contributed by atoms with Gasteiger partial charge in [-0.15, -0.1) is 0 Å². The van der Waals surface area contributed by atoms with E-state index in [1.807, 2.05) is 0 Å². The largest absolute Gasteiger partial charge is 0.497 e. The van der Waals surface area contributed by atoms with E-state index in [0.717, 1.165) is 32.5 Å². The van der Waals surface area contributed by atoms with E-state index in [2.05, 4.69) is 93.5 Å². The predicted octanol–water partition coefficient (Wildman–Crippen LogP) is 2.58. The lowest BCUT2D eigenvalue weighted by Gasteiger charge is -2.26. The standard InChI is InChI=1S/C26H23N5O6.C25H21N5O6.C24H19N5O5/c1-25(22(34)30(2)24(36)29-25)17-7-4-15(5-8-17)10-11-26(21(33)27-23(35)28-26)14-31-13-16-6-9-18(37-3)12-19(16)20(31)32;1-24(20(32)26-22(34)28-24)16-5-3-4-14(10-16)8-9-25(21(33)27-23(35)29-25)13-30-12-15-6-7-17(36-2)11-18(15)19(30)31;1-34-17-4-3-15-12-29(21(30)19(15)9-17)13-24(22(31)27-23(32)28-24)7-6-14-2-5-18-16(11-26-33)10-25-20(18)8-14/h4-9,12H,13-14H2,1-3H3,(H,29,36)(H2,27,28,33,35);3-7,10-11H,12-13H2,1-2H3,(H2,26,28,32,34)(H2,27,29,33,35);2-5,8-11,25,33H,12-13H2,1H3,(H2,27,28,31,32)/t25?,26-;24?,25-;24-/m111/s1. The van der Waals surface area contributed by atoms with Gasteiger partial charge in [-0.1, -0.05) is 89.2 Å². The normalized spacial score (nSPS) is 22.7. The van der Waals surface area contributed by atoms with Crippen molar-refractivity contribution in [1.29, 1.82) is 0 Å². The fourth-order valence-corrected chi connectivity index (χ4v) is 13.3. The molecule has 2 unspecified atom stereocenters. The summed E-state index contributed by atoms with van der Waals surface area (Å²) in [6.45, 7) is 3.52. The number of carbonyl (C=O) groups excluding carboxylic acids is 13. The lowest BCUT2D eigenvalue weighted by atomic mass is 9.91. The molecule has 32 nitrogen and oxygen atoms in total. The minimum atomic E-state index is -1.68. The maximum Gasteiger partial charge on any atom is 0.325 e. The number of hydrogen-bond donors (Lipinski definition) is 11. The Morgan fingerprint density at radius 1 is 0.467 bits per heavy atom. The zero-order valence-electron chi connectivity index (χ0n) is 57.7. The van der Waals surface area contributed by atoms with Crippen LogP contribution in [0, 0.1) is 35.5 Å². The van der Waals surface area contributed by atoms with Crippen LogP contribution >= 0.6 is 0 Å². The minimum Gasteiger partial charge on any atom is -0.497 e. The number of hydrogen-bond acceptors (Lipinski definition) is 18. The average Bonchev–Trinajstić information content (AvgIpc) is 1.61. The molecule has 7 aromatic rings. The number of amides is 18. The van der Waals surface area contributed by atoms with E-state index in [9.17, 15) is 62.3 Å². The zero-order chi connectivity index (χ0) is 76.1. The number of benzene rings is 6. The van der Waals surface area contributed by atoms with Crippen molar-refractivity contribution in [2.75, 3.05) is 48.0 Å². The van der Waals surface area contributed by atoms with Crippen LogP contribution in [-0.4, -0.2) is 178 Å². The van der Waals surface area contributed by atoms with Gasteiger partial charge in [0, 0.05) is 82.7 Å². The van der Waals surface area contributed by atoms with Crippen molar-refractivity contribution < 1.29 is 81.7 Å². The van der Waals surface area contributed by atoms with Gasteiger partial charge < -0.3 is 65.7 Å². The summed E-state index contributed by atoms with van der Waals surface area (Å²) < 4.78 is 15.6. The van der Waals surface area contributed by atoms with E-state index in [1.165, 1.54) is 49.3 Å². The second-order valence-electron chi connectivity index (χ2n) is 26.1. The highest BCUT2D eigenvalue weighted by Crippen LogP contribution is 2.34. The smallest absolute Gasteiger partial charge is 0.325 e. The van der Waals surface area contributed by atoms with Crippen LogP contribution in [-0.2, 0) is 54.7 Å². The third-order valence-electron chi connectivity index (χ3n) is 19.2. The predicted molar refractivity (Wildman–Crippen MR) is 375 cm³/mol. The molecule has 540 valence electrons. The van der Waals surface area contributed by atoms with Gasteiger partial charge in [0.2, 0.25) is 16.6 Å². The summed E-state index contributed by atoms with van der Waals surface area (Å²) in [7, 11) is 5.94. The van der Waals surface area contributed by atoms with Crippen molar-refractivity contribution in [3.05, 3.63) is 194 Å². The number of urea groups is 5. The Kier molecular flexibility index (Phi) is 18.1. The molecule has 0 aliphatic carbocycles. The zero-order valence-corrected chi connectivity index (χ0v) is 57.7. The second kappa shape index (κ2) is 27.4. The second-order valence-corrected chi connectivity index (χ2v) is 26.1. The molecule has 18 amide bonds. The summed E-state index contributed by atoms with van der Waals surface area (Å²) in [5.74, 6) is 15.3. The number of likely N-dealkylation sites (N-methyl/N-ethyl adjacent to an activating group) is 1. The molecule has 11 N–H and O–H groups in total. The van der Waals surface area contributed by atoms with E-state index in [0.29, 0.717) is 67.3 Å². The third kappa shape index (κ3) is 13.2. The molecular weight excluding hydrogens is 1380 g/mol. The molecule has 6 aromatic carbocycles. The molecule has 5 fully saturated rings. The molecular formula is C75H63N15O17. The molecule has 9 heterocycles. The van der Waals surface area contributed by atoms with Crippen molar-refractivity contribution in [3.8, 4) is 52.8 Å². The van der Waals surface area contributed by atoms with Crippen molar-refractivity contribution in [2.45, 2.75) is 61.2 Å². The van der Waals surface area contributed by atoms with Crippen LogP contribution in [0.3, 0.4) is 0 Å². The Morgan fingerprint density at radius 3 is 1.28 bits per heavy atom. The molecule has 8 aliphatic rings. The van der Waals surface area contributed by atoms with Crippen LogP contribution in [0.25, 0.3) is 10.9 Å². The fourth-order valence-electron chi connectivity index (χ4n) is 13.3. The maximum absolute atomic E-state index is 13.0. The molecule has 1 aromatic heterocycles. The molecule has 0 saturated carbocycles. The van der Waals surface area contributed by atoms with Gasteiger partial charge in [-0.2, -0.15) is 0 Å². The Labute approximate surface area is 607 Å². The van der Waals surface area contributed by atoms with Gasteiger partial charge in [-0.25, -0.2) is 24.0 Å². The lowest BCUT2D eigenvalue weighted by Crippen LogP contribution is -2.54. The number of carbonyl (C=O) groups is 13. The fraction of sp³-hybridized carbons (Fsp3) is 0.227. The summed E-state index contributed by atoms with van der Waals surface area (Å²) >= 11 is 0. The van der Waals surface area contributed by atoms with E-state index in [-0.39, 0.29) is 62.9 Å². The highest BCUT2D eigenvalue weighted by atomic mass is 16.5. The van der Waals surface area contributed by atoms with E-state index >= 15 is 0 Å². The number of ether oxygens (including phenoxy) is 3. The Balaban J connectivity index is 0.000000142. The van der Waals surface area contributed by atoms with Gasteiger partial charge in [0.25, 0.3) is 47.3 Å². The summed E-state index contributed by atoms with van der Waals surface area (Å²) in [5.41, 5.74) is 0.426. The van der Waals surface area contributed by atoms with E-state index < -0.39 is 81.5 Å². The first-order valence-corrected chi connectivity index (χ1v) is 32.7. The molecule has 0 spiro atoms. The Bertz CT molecular complexity index is 5350. The number of nitrogens with zero attached hydrogens (tertiary/aromatic N) is 5. The molecule has 5 atom stereocenters. The Hall–Kier alpha value is -14.5. The molecule has 32 heteroatoms. The van der Waals surface area contributed by atoms with Crippen LogP contribution in [0.2, 0.25) is 0 Å². The van der Waals surface area contributed by atoms with E-state index in [4.69, 9.17) is 19.4 Å². The van der Waals surface area contributed by atoms with Crippen molar-refractivity contribution in [2.24, 2.45) is 5.16 Å². The summed E-state index contributed by atoms with van der Waals surface area (Å²) in [4.78, 5) is 171. The van der Waals surface area contributed by atoms with Gasteiger partial charge in [0.15, 0.2) is 0 Å². The highest BCUT2D eigenvalue weighted by Gasteiger charge is 2.52. The third-order valence-corrected chi connectivity index (χ3v) is 19.2. The SMILES string of the molecule is COc1ccc2c(c1)C(=O)N(C[C@@]1(C#Cc3ccc(C4(C)NC(=O)N(C)C4=O)cc3)NC(=O)NC1=O)C2.COc1ccc2c(c1)C(=O)N(C[C@@]1(C#Cc3ccc4c(C=NO)c[nH]c4c3)NC(=O)NC1=O)C2.COc1ccc2c(c1)C(=O)N(C[C@@]1(C#Cc3cccc(C4(C)NC(=O)NC4=O)c3)NC(=O)NC1=O)C2. The number of H-pyrrole nitrogens is 1. The number of methoxy groups -OCH3 is 3. The highest BCUT2D eigenvalue weighted by molar-refractivity contribution is 6.13. The molecule has 5 saturated heterocycles. The van der Waals surface area contributed by atoms with Crippen molar-refractivity contribution in [3.63, 3.8) is 0 Å². The van der Waals surface area contributed by atoms with Crippen LogP contribution in [0.15, 0.2) is 133 Å². The molecule has 0 bridgehead atoms. The molecule has 0 radical (unpaired) electrons. The monoisotopic (exact) mass is 1450 g/mol. The summed E-state index contributed by atoms with van der Waals surface area (Å²) in [5, 5.41) is 34.5. The van der Waals surface area contributed by atoms with Crippen molar-refractivity contribution >= 4 is 94.5 Å². The number of rotatable bonds is 12. The van der Waals surface area contributed by atoms with Crippen LogP contribution < -0.4 is 62.1 Å². The molecule has 8 aliphatic heterocycles. The van der Waals surface area contributed by atoms with Crippen LogP contribution in [0.1, 0.15) is 95.0 Å². The number of aromatic amines is 1. The van der Waals surface area contributed by atoms with Gasteiger partial charge in [-0.05, 0) is 114 Å². The van der Waals surface area contributed by atoms with Gasteiger partial charge in [0.05, 0.1) is 47.2 Å². The summed E-state index contributed by atoms with van der Waals surface area (Å²) in [6, 6.07) is 31.0. The van der Waals surface area contributed by atoms with Crippen molar-refractivity contribution in [1.82, 2.24) is 72.4 Å². The Morgan fingerprint density at radius 2 is 0.888 bits per heavy atom. The molecule has 15 rings (SSSR count). The number of aromatic nitrogens is 1. The first-order chi connectivity index (χ1) is 51.1. The number of oxime groups is 1. The first kappa shape index (κ1) is 70.9. The first-order valence-electron chi connectivity index (χ1n) is 32.7. The quantitative estimate of drug-likeness (QED) is 0.0275. The minimum absolute atomic E-state index is 0.116.